The number of imide groups is 2. The van der Waals surface area contributed by atoms with Crippen LogP contribution in [0, 0.1) is 23.2 Å². The minimum atomic E-state index is -0.958. The molecule has 4 saturated heterocycles. The van der Waals surface area contributed by atoms with Crippen LogP contribution in [0.4, 0.5) is 17.2 Å². The molecule has 14 nitrogen and oxygen atoms in total. The number of amides is 4. The number of phenols is 1. The lowest BCUT2D eigenvalue weighted by atomic mass is 9.89. The van der Waals surface area contributed by atoms with Crippen molar-refractivity contribution in [3.8, 4) is 17.0 Å². The summed E-state index contributed by atoms with van der Waals surface area (Å²) in [6.07, 6.45) is 1.31. The Bertz CT molecular complexity index is 2080. The zero-order valence-corrected chi connectivity index (χ0v) is 30.4. The summed E-state index contributed by atoms with van der Waals surface area (Å²) in [4.78, 5) is 61.9. The number of phenolic OH excluding ortho intramolecular Hbond substituents is 1. The highest BCUT2D eigenvalue weighted by Crippen LogP contribution is 2.53. The van der Waals surface area contributed by atoms with Crippen molar-refractivity contribution < 1.29 is 24.3 Å². The van der Waals surface area contributed by atoms with Crippen LogP contribution in [0.5, 0.6) is 5.75 Å². The average Bonchev–Trinajstić information content (AvgIpc) is 3.43. The number of para-hydroxylation sites is 1. The first-order valence-corrected chi connectivity index (χ1v) is 19.3. The molecule has 4 amide bonds. The average molecular weight is 732 g/mol. The second kappa shape index (κ2) is 12.5. The number of carbonyl (C=O) groups excluding carboxylic acids is 4. The molecular formula is C40H45N9O5. The first kappa shape index (κ1) is 33.5. The summed E-state index contributed by atoms with van der Waals surface area (Å²) in [6.45, 7) is 12.5. The van der Waals surface area contributed by atoms with Crippen LogP contribution >= 0.6 is 0 Å². The third-order valence-corrected chi connectivity index (χ3v) is 13.2. The summed E-state index contributed by atoms with van der Waals surface area (Å²) >= 11 is 0. The topological polar surface area (TPSA) is 155 Å². The summed E-state index contributed by atoms with van der Waals surface area (Å²) in [5, 5.41) is 25.0. The molecule has 1 saturated carbocycles. The number of likely N-dealkylation sites (tertiary alicyclic amines) is 1. The highest BCUT2D eigenvalue weighted by atomic mass is 16.3. The Balaban J connectivity index is 0.720. The van der Waals surface area contributed by atoms with Crippen LogP contribution in [0.3, 0.4) is 0 Å². The van der Waals surface area contributed by atoms with Crippen molar-refractivity contribution in [3.63, 3.8) is 0 Å². The summed E-state index contributed by atoms with van der Waals surface area (Å²) in [5.74, 6) is 1.40. The van der Waals surface area contributed by atoms with E-state index in [4.69, 9.17) is 0 Å². The molecule has 3 N–H and O–H groups in total. The molecule has 5 fully saturated rings. The van der Waals surface area contributed by atoms with Gasteiger partial charge in [-0.2, -0.15) is 0 Å². The van der Waals surface area contributed by atoms with Gasteiger partial charge in [-0.25, -0.2) is 0 Å². The molecule has 7 heterocycles. The third-order valence-electron chi connectivity index (χ3n) is 13.2. The molecule has 6 atom stereocenters. The Labute approximate surface area is 313 Å². The SMILES string of the molecule is CC1(CN2C[C@@H]3[C@@H](CN4CCN5c6cc(-c7ccccc7O)nnc6NC[C@H]5C4)[C@@H]3C2)CCN(c2ccc3c(c2)C(=O)N(C2CCC(=O)NC2=O)C3=O)C1. The second-order valence-corrected chi connectivity index (χ2v) is 16.8. The predicted octanol–water partition coefficient (Wildman–Crippen LogP) is 2.26. The van der Waals surface area contributed by atoms with E-state index in [1.54, 1.807) is 12.1 Å². The monoisotopic (exact) mass is 731 g/mol. The quantitative estimate of drug-likeness (QED) is 0.306. The fourth-order valence-electron chi connectivity index (χ4n) is 10.3. The van der Waals surface area contributed by atoms with Crippen molar-refractivity contribution in [2.24, 2.45) is 23.2 Å². The van der Waals surface area contributed by atoms with E-state index in [0.717, 1.165) is 112 Å². The molecule has 280 valence electrons. The number of piperazine rings is 1. The van der Waals surface area contributed by atoms with Gasteiger partial charge in [0.15, 0.2) is 5.82 Å². The standard InChI is InChI=1S/C40H45N9O5/c1-40(10-11-47(22-40)23-6-7-25-27(14-23)39(54)49(38(25)53)32-8-9-35(51)42-37(32)52)21-46-19-29-28(30(29)20-46)18-45-12-13-48-24(17-45)16-41-36-33(48)15-31(43-44-36)26-4-2-3-5-34(26)50/h2-7,14-15,24,28-30,32,50H,8-13,16-22H2,1H3,(H,41,44)(H,42,51,52)/t24-,28-,29-,30+,32?,40?/m0/s1. The molecule has 14 heteroatoms. The number of anilines is 3. The maximum Gasteiger partial charge on any atom is 0.262 e. The molecule has 6 aliphatic heterocycles. The molecule has 1 aliphatic carbocycles. The normalized spacial score (nSPS) is 30.5. The fraction of sp³-hybridized carbons (Fsp3) is 0.500. The number of hydrogen-bond acceptors (Lipinski definition) is 12. The van der Waals surface area contributed by atoms with E-state index in [-0.39, 0.29) is 29.9 Å². The van der Waals surface area contributed by atoms with Gasteiger partial charge in [0.2, 0.25) is 11.8 Å². The van der Waals surface area contributed by atoms with Gasteiger partial charge < -0.3 is 25.1 Å². The van der Waals surface area contributed by atoms with E-state index < -0.39 is 23.8 Å². The number of aromatic nitrogens is 2. The zero-order chi connectivity index (χ0) is 36.9. The van der Waals surface area contributed by atoms with Crippen molar-refractivity contribution in [3.05, 3.63) is 59.7 Å². The smallest absolute Gasteiger partial charge is 0.262 e. The van der Waals surface area contributed by atoms with Crippen molar-refractivity contribution >= 4 is 40.8 Å². The van der Waals surface area contributed by atoms with Gasteiger partial charge in [0.05, 0.1) is 28.6 Å². The molecule has 0 radical (unpaired) electrons. The number of hydrogen-bond donors (Lipinski definition) is 3. The number of piperidine rings is 2. The maximum absolute atomic E-state index is 13.4. The Morgan fingerprint density at radius 2 is 1.70 bits per heavy atom. The largest absolute Gasteiger partial charge is 0.507 e. The second-order valence-electron chi connectivity index (χ2n) is 16.8. The lowest BCUT2D eigenvalue weighted by Crippen LogP contribution is -2.58. The number of nitrogens with zero attached hydrogens (tertiary/aromatic N) is 7. The Hall–Kier alpha value is -5.08. The van der Waals surface area contributed by atoms with Gasteiger partial charge in [0.25, 0.3) is 11.8 Å². The Morgan fingerprint density at radius 3 is 2.52 bits per heavy atom. The van der Waals surface area contributed by atoms with Crippen molar-refractivity contribution in [1.82, 2.24) is 30.2 Å². The highest BCUT2D eigenvalue weighted by Gasteiger charge is 2.56. The summed E-state index contributed by atoms with van der Waals surface area (Å²) in [5.41, 5.74) is 4.14. The van der Waals surface area contributed by atoms with E-state index in [1.807, 2.05) is 30.3 Å². The minimum absolute atomic E-state index is 0.105. The minimum Gasteiger partial charge on any atom is -0.507 e. The first-order chi connectivity index (χ1) is 26.1. The van der Waals surface area contributed by atoms with E-state index >= 15 is 0 Å². The molecule has 3 aromatic rings. The van der Waals surface area contributed by atoms with Crippen LogP contribution in [0.25, 0.3) is 11.3 Å². The predicted molar refractivity (Wildman–Crippen MR) is 200 cm³/mol. The van der Waals surface area contributed by atoms with Gasteiger partial charge >= 0.3 is 0 Å². The highest BCUT2D eigenvalue weighted by molar-refractivity contribution is 6.23. The van der Waals surface area contributed by atoms with Crippen molar-refractivity contribution in [2.75, 3.05) is 80.6 Å². The molecular weight excluding hydrogens is 686 g/mol. The van der Waals surface area contributed by atoms with Crippen LogP contribution < -0.4 is 20.4 Å². The number of fused-ring (bicyclic) bond motifs is 5. The Morgan fingerprint density at radius 1 is 0.889 bits per heavy atom. The maximum atomic E-state index is 13.4. The lowest BCUT2D eigenvalue weighted by Gasteiger charge is -2.46. The number of benzene rings is 2. The summed E-state index contributed by atoms with van der Waals surface area (Å²) in [7, 11) is 0. The molecule has 2 aromatic carbocycles. The number of aromatic hydroxyl groups is 1. The van der Waals surface area contributed by atoms with E-state index in [1.165, 1.54) is 0 Å². The van der Waals surface area contributed by atoms with Crippen LogP contribution in [0.2, 0.25) is 0 Å². The fourth-order valence-corrected chi connectivity index (χ4v) is 10.3. The van der Waals surface area contributed by atoms with Gasteiger partial charge in [-0.05, 0) is 72.4 Å². The number of rotatable bonds is 7. The first-order valence-electron chi connectivity index (χ1n) is 19.3. The molecule has 0 bridgehead atoms. The molecule has 0 spiro atoms. The van der Waals surface area contributed by atoms with E-state index in [2.05, 4.69) is 53.4 Å². The third kappa shape index (κ3) is 5.60. The molecule has 54 heavy (non-hydrogen) atoms. The van der Waals surface area contributed by atoms with Crippen molar-refractivity contribution in [1.29, 1.82) is 0 Å². The molecule has 7 aliphatic rings. The van der Waals surface area contributed by atoms with Crippen LogP contribution in [-0.2, 0) is 9.59 Å². The number of carbonyl (C=O) groups is 4. The summed E-state index contributed by atoms with van der Waals surface area (Å²) in [6, 6.07) is 14.2. The van der Waals surface area contributed by atoms with Crippen LogP contribution in [-0.4, -0.2) is 131 Å². The van der Waals surface area contributed by atoms with Crippen molar-refractivity contribution in [2.45, 2.75) is 38.3 Å². The van der Waals surface area contributed by atoms with E-state index in [0.29, 0.717) is 28.4 Å². The lowest BCUT2D eigenvalue weighted by molar-refractivity contribution is -0.136. The molecule has 2 unspecified atom stereocenters. The summed E-state index contributed by atoms with van der Waals surface area (Å²) < 4.78 is 0. The molecule has 10 rings (SSSR count). The van der Waals surface area contributed by atoms with E-state index in [9.17, 15) is 24.3 Å². The molecule has 1 aromatic heterocycles. The van der Waals surface area contributed by atoms with Crippen LogP contribution in [0.1, 0.15) is 46.9 Å². The van der Waals surface area contributed by atoms with Gasteiger partial charge in [-0.3, -0.25) is 34.3 Å². The zero-order valence-electron chi connectivity index (χ0n) is 30.4. The Kier molecular flexibility index (Phi) is 7.74. The van der Waals surface area contributed by atoms with Gasteiger partial charge in [-0.1, -0.05) is 19.1 Å². The van der Waals surface area contributed by atoms with Gasteiger partial charge in [0.1, 0.15) is 11.8 Å². The van der Waals surface area contributed by atoms with Gasteiger partial charge in [0, 0.05) is 83.1 Å². The van der Waals surface area contributed by atoms with Gasteiger partial charge in [-0.15, -0.1) is 10.2 Å². The van der Waals surface area contributed by atoms with Crippen LogP contribution in [0.15, 0.2) is 48.5 Å². The number of nitrogens with one attached hydrogen (secondary N) is 2.